The summed E-state index contributed by atoms with van der Waals surface area (Å²) in [6, 6.07) is 22.4. The minimum absolute atomic E-state index is 0.0108. The number of rotatable bonds is 13. The van der Waals surface area contributed by atoms with Gasteiger partial charge in [0.2, 0.25) is 18.5 Å². The zero-order valence-corrected chi connectivity index (χ0v) is 32.3. The third-order valence-electron chi connectivity index (χ3n) is 10.6. The smallest absolute Gasteiger partial charge is 0.335 e. The molecule has 18 nitrogen and oxygen atoms in total. The van der Waals surface area contributed by atoms with Crippen LogP contribution in [0.5, 0.6) is 11.5 Å². The highest BCUT2D eigenvalue weighted by molar-refractivity contribution is 7.86. The Kier molecular flexibility index (Phi) is 12.8. The van der Waals surface area contributed by atoms with Gasteiger partial charge in [-0.2, -0.15) is 0 Å². The van der Waals surface area contributed by atoms with Crippen molar-refractivity contribution in [2.24, 2.45) is 0 Å². The summed E-state index contributed by atoms with van der Waals surface area (Å²) in [7, 11) is -2.12. The Morgan fingerprint density at radius 3 is 1.87 bits per heavy atom. The van der Waals surface area contributed by atoms with Gasteiger partial charge in [-0.15, -0.1) is 0 Å². The molecule has 7 rings (SSSR count). The minimum atomic E-state index is -2.12. The molecule has 3 aliphatic heterocycles. The summed E-state index contributed by atoms with van der Waals surface area (Å²) in [6.07, 6.45) is -21.0. The number of aliphatic carboxylic acids is 2. The first kappa shape index (κ1) is 43.7. The van der Waals surface area contributed by atoms with Crippen LogP contribution in [0.15, 0.2) is 97.1 Å². The lowest BCUT2D eigenvalue weighted by Crippen LogP contribution is -2.62. The molecular weight excluding hydrogens is 830 g/mol. The molecule has 20 heteroatoms. The van der Waals surface area contributed by atoms with E-state index in [1.165, 1.54) is 47.4 Å². The number of carboxylic acids is 2. The number of hydrogen-bond acceptors (Lipinski definition) is 15. The Balaban J connectivity index is 1.28. The SMILES string of the molecule is O=C(O)C1O[C@@H](Oc2cccc(-c3ccc([C@@H]4[C@@H](S(=O)C[C@H](O)c5ccc(F)cc5)C(=O)N4c4ccccc4)c(O[C@@H]4OC(C(=O)O)C(O)C(O)C4O)c3)c2)C(O)C(O)C1O. The van der Waals surface area contributed by atoms with Crippen molar-refractivity contribution in [3.8, 4) is 22.6 Å². The monoisotopic (exact) mass is 869 g/mol. The van der Waals surface area contributed by atoms with Crippen molar-refractivity contribution in [1.29, 1.82) is 0 Å². The number of ether oxygens (including phenoxy) is 4. The van der Waals surface area contributed by atoms with Gasteiger partial charge in [0.15, 0.2) is 12.2 Å². The van der Waals surface area contributed by atoms with Crippen molar-refractivity contribution in [3.05, 3.63) is 114 Å². The van der Waals surface area contributed by atoms with Crippen molar-refractivity contribution in [2.75, 3.05) is 10.7 Å². The Morgan fingerprint density at radius 2 is 1.28 bits per heavy atom. The van der Waals surface area contributed by atoms with Crippen LogP contribution in [0.2, 0.25) is 0 Å². The quantitative estimate of drug-likeness (QED) is 0.0798. The molecule has 61 heavy (non-hydrogen) atoms. The number of para-hydroxylation sites is 1. The van der Waals surface area contributed by atoms with Crippen LogP contribution >= 0.6 is 0 Å². The van der Waals surface area contributed by atoms with Gasteiger partial charge >= 0.3 is 11.9 Å². The number of nitrogens with zero attached hydrogens (tertiary/aromatic N) is 1. The molecule has 4 aromatic rings. The summed E-state index contributed by atoms with van der Waals surface area (Å²) >= 11 is 0. The predicted molar refractivity (Wildman–Crippen MR) is 207 cm³/mol. The van der Waals surface area contributed by atoms with Crippen LogP contribution in [0.1, 0.15) is 23.3 Å². The van der Waals surface area contributed by atoms with E-state index < -0.39 is 119 Å². The summed E-state index contributed by atoms with van der Waals surface area (Å²) in [5.41, 5.74) is 1.43. The van der Waals surface area contributed by atoms with Gasteiger partial charge in [0.1, 0.15) is 59.2 Å². The molecule has 3 heterocycles. The Morgan fingerprint density at radius 1 is 0.705 bits per heavy atom. The van der Waals surface area contributed by atoms with E-state index >= 15 is 0 Å². The number of aliphatic hydroxyl groups excluding tert-OH is 7. The molecule has 0 saturated carbocycles. The first-order chi connectivity index (χ1) is 29.0. The predicted octanol–water partition coefficient (Wildman–Crippen LogP) is -0.0265. The molecule has 1 amide bonds. The molecule has 3 saturated heterocycles. The van der Waals surface area contributed by atoms with Gasteiger partial charge in [-0.3, -0.25) is 9.00 Å². The molecule has 3 fully saturated rings. The number of benzene rings is 4. The maximum atomic E-state index is 14.1. The van der Waals surface area contributed by atoms with Crippen LogP contribution in [0, 0.1) is 5.82 Å². The first-order valence-corrected chi connectivity index (χ1v) is 20.1. The van der Waals surface area contributed by atoms with E-state index in [1.54, 1.807) is 42.5 Å². The van der Waals surface area contributed by atoms with Crippen molar-refractivity contribution in [3.63, 3.8) is 0 Å². The fourth-order valence-electron chi connectivity index (χ4n) is 7.31. The van der Waals surface area contributed by atoms with Crippen LogP contribution < -0.4 is 14.4 Å². The molecular formula is C41H40FNO17S. The van der Waals surface area contributed by atoms with E-state index in [1.807, 2.05) is 0 Å². The second kappa shape index (κ2) is 17.9. The number of β-lactam (4-membered cyclic amide) rings is 1. The lowest BCUT2D eigenvalue weighted by molar-refractivity contribution is -0.271. The first-order valence-electron chi connectivity index (χ1n) is 18.7. The zero-order valence-electron chi connectivity index (χ0n) is 31.5. The Labute approximate surface area is 347 Å². The number of hydrogen-bond donors (Lipinski definition) is 9. The molecule has 0 radical (unpaired) electrons. The minimum Gasteiger partial charge on any atom is -0.479 e. The van der Waals surface area contributed by atoms with Crippen molar-refractivity contribution in [2.45, 2.75) is 78.8 Å². The summed E-state index contributed by atoms with van der Waals surface area (Å²) in [4.78, 5) is 38.9. The van der Waals surface area contributed by atoms with E-state index in [0.29, 0.717) is 16.8 Å². The zero-order chi connectivity index (χ0) is 43.9. The molecule has 9 unspecified atom stereocenters. The van der Waals surface area contributed by atoms with Crippen LogP contribution in [0.3, 0.4) is 0 Å². The van der Waals surface area contributed by atoms with Crippen LogP contribution in [0.4, 0.5) is 10.1 Å². The molecule has 324 valence electrons. The van der Waals surface area contributed by atoms with Gasteiger partial charge in [-0.25, -0.2) is 14.0 Å². The summed E-state index contributed by atoms with van der Waals surface area (Å²) < 4.78 is 50.2. The number of carboxylic acid groups (broad SMARTS) is 2. The molecule has 14 atom stereocenters. The molecule has 0 bridgehead atoms. The molecule has 3 aliphatic rings. The average Bonchev–Trinajstić information content (AvgIpc) is 3.23. The van der Waals surface area contributed by atoms with Gasteiger partial charge in [-0.05, 0) is 59.2 Å². The molecule has 0 spiro atoms. The lowest BCUT2D eigenvalue weighted by Gasteiger charge is -2.47. The number of aliphatic hydroxyl groups is 7. The van der Waals surface area contributed by atoms with Gasteiger partial charge < -0.3 is 69.8 Å². The highest BCUT2D eigenvalue weighted by Crippen LogP contribution is 2.47. The summed E-state index contributed by atoms with van der Waals surface area (Å²) in [5, 5.41) is 91.6. The van der Waals surface area contributed by atoms with Gasteiger partial charge in [0.25, 0.3) is 0 Å². The Bertz CT molecular complexity index is 2270. The molecule has 9 N–H and O–H groups in total. The van der Waals surface area contributed by atoms with E-state index in [4.69, 9.17) is 18.9 Å². The highest BCUT2D eigenvalue weighted by atomic mass is 32.2. The van der Waals surface area contributed by atoms with Gasteiger partial charge in [0.05, 0.1) is 17.9 Å². The molecule has 0 aromatic heterocycles. The van der Waals surface area contributed by atoms with Crippen molar-refractivity contribution in [1.82, 2.24) is 0 Å². The molecule has 0 aliphatic carbocycles. The van der Waals surface area contributed by atoms with E-state index in [2.05, 4.69) is 0 Å². The maximum Gasteiger partial charge on any atom is 0.335 e. The Hall–Kier alpha value is -5.39. The van der Waals surface area contributed by atoms with Gasteiger partial charge in [-0.1, -0.05) is 54.6 Å². The number of halogens is 1. The lowest BCUT2D eigenvalue weighted by atomic mass is 9.90. The van der Waals surface area contributed by atoms with Crippen molar-refractivity contribution >= 4 is 34.3 Å². The van der Waals surface area contributed by atoms with E-state index in [9.17, 15) is 68.9 Å². The number of anilines is 1. The topological polar surface area (TPSA) is 291 Å². The standard InChI is InChI=1S/C41H40FNO17S/c42-21-12-9-18(10-13-21)25(44)17-61(56)36-27(43(37(36)51)22-6-2-1-3-7-22)24-14-11-20(16-26(24)58-41-33(50)29(46)31(48)35(60-41)39(54)55)19-5-4-8-23(15-19)57-40-32(49)28(45)30(47)34(59-40)38(52)53/h1-16,25,27-36,40-41,44-50H,17H2,(H,52,53)(H,54,55)/t25-,27+,28?,29?,30?,31?,32?,33?,34?,35?,36+,40+,41+,61?/m0/s1. The maximum absolute atomic E-state index is 14.1. The largest absolute Gasteiger partial charge is 0.479 e. The second-order valence-corrected chi connectivity index (χ2v) is 16.1. The fraction of sp³-hybridized carbons (Fsp3) is 0.341. The average molecular weight is 870 g/mol. The third kappa shape index (κ3) is 8.73. The normalized spacial score (nSPS) is 31.1. The highest BCUT2D eigenvalue weighted by Gasteiger charge is 2.54. The summed E-state index contributed by atoms with van der Waals surface area (Å²) in [6.45, 7) is 0. The number of carbonyl (C=O) groups is 3. The van der Waals surface area contributed by atoms with E-state index in [-0.39, 0.29) is 22.6 Å². The number of carbonyl (C=O) groups excluding carboxylic acids is 1. The second-order valence-electron chi connectivity index (χ2n) is 14.5. The van der Waals surface area contributed by atoms with Crippen LogP contribution in [-0.4, -0.2) is 140 Å². The molecule has 4 aromatic carbocycles. The van der Waals surface area contributed by atoms with Crippen LogP contribution in [-0.2, 0) is 34.7 Å². The van der Waals surface area contributed by atoms with Crippen LogP contribution in [0.25, 0.3) is 11.1 Å². The number of amides is 1. The summed E-state index contributed by atoms with van der Waals surface area (Å²) in [5.74, 6) is -5.11. The van der Waals surface area contributed by atoms with Crippen molar-refractivity contribution < 1.29 is 87.9 Å². The van der Waals surface area contributed by atoms with E-state index in [0.717, 1.165) is 12.1 Å². The fourth-order valence-corrected chi connectivity index (χ4v) is 8.91. The third-order valence-corrected chi connectivity index (χ3v) is 12.2. The van der Waals surface area contributed by atoms with Gasteiger partial charge in [0, 0.05) is 22.1 Å².